The lowest BCUT2D eigenvalue weighted by atomic mass is 10.1. The zero-order valence-corrected chi connectivity index (χ0v) is 11.7. The van der Waals surface area contributed by atoms with Gasteiger partial charge in [0.1, 0.15) is 11.6 Å². The highest BCUT2D eigenvalue weighted by Gasteiger charge is 2.06. The summed E-state index contributed by atoms with van der Waals surface area (Å²) in [5, 5.41) is 3.34. The minimum Gasteiger partial charge on any atom is -0.469 e. The van der Waals surface area contributed by atoms with Crippen molar-refractivity contribution >= 4 is 15.9 Å². The summed E-state index contributed by atoms with van der Waals surface area (Å²) in [6.07, 6.45) is 2.50. The molecule has 0 aliphatic carbocycles. The average molecular weight is 312 g/mol. The molecule has 2 aromatic rings. The fourth-order valence-electron chi connectivity index (χ4n) is 1.74. The zero-order chi connectivity index (χ0) is 13.0. The summed E-state index contributed by atoms with van der Waals surface area (Å²) in [5.41, 5.74) is 0.932. The first-order valence-corrected chi connectivity index (χ1v) is 6.64. The smallest absolute Gasteiger partial charge is 0.137 e. The van der Waals surface area contributed by atoms with Crippen LogP contribution in [0.4, 0.5) is 4.39 Å². The summed E-state index contributed by atoms with van der Waals surface area (Å²) < 4.78 is 19.1. The monoisotopic (exact) mass is 311 g/mol. The topological polar surface area (TPSA) is 25.2 Å². The van der Waals surface area contributed by atoms with Crippen LogP contribution < -0.4 is 5.32 Å². The van der Waals surface area contributed by atoms with Gasteiger partial charge in [-0.2, -0.15) is 0 Å². The zero-order valence-electron chi connectivity index (χ0n) is 10.1. The van der Waals surface area contributed by atoms with Crippen LogP contribution in [0.1, 0.15) is 18.2 Å². The van der Waals surface area contributed by atoms with Crippen molar-refractivity contribution in [2.75, 3.05) is 0 Å². The molecule has 0 aliphatic heterocycles. The average Bonchev–Trinajstić information content (AvgIpc) is 2.83. The van der Waals surface area contributed by atoms with Crippen molar-refractivity contribution in [1.29, 1.82) is 0 Å². The van der Waals surface area contributed by atoms with Crippen LogP contribution in [0.5, 0.6) is 0 Å². The van der Waals surface area contributed by atoms with Gasteiger partial charge in [0.2, 0.25) is 0 Å². The lowest BCUT2D eigenvalue weighted by molar-refractivity contribution is 0.456. The van der Waals surface area contributed by atoms with E-state index in [0.29, 0.717) is 11.0 Å². The Balaban J connectivity index is 1.85. The van der Waals surface area contributed by atoms with Gasteiger partial charge in [0.05, 0.1) is 10.7 Å². The van der Waals surface area contributed by atoms with Gasteiger partial charge in [0.15, 0.2) is 0 Å². The molecule has 1 heterocycles. The quantitative estimate of drug-likeness (QED) is 0.906. The Morgan fingerprint density at radius 1 is 1.39 bits per heavy atom. The van der Waals surface area contributed by atoms with E-state index in [0.717, 1.165) is 17.7 Å². The summed E-state index contributed by atoms with van der Waals surface area (Å²) in [6, 6.07) is 9.28. The first-order chi connectivity index (χ1) is 8.65. The molecule has 1 aromatic carbocycles. The summed E-state index contributed by atoms with van der Waals surface area (Å²) in [5.74, 6) is 0.727. The molecule has 4 heteroatoms. The molecule has 0 bridgehead atoms. The summed E-state index contributed by atoms with van der Waals surface area (Å²) in [4.78, 5) is 0. The van der Waals surface area contributed by atoms with E-state index in [9.17, 15) is 4.39 Å². The number of furan rings is 1. The maximum atomic E-state index is 13.3. The van der Waals surface area contributed by atoms with Gasteiger partial charge < -0.3 is 9.73 Å². The Kier molecular flexibility index (Phi) is 4.55. The van der Waals surface area contributed by atoms with E-state index in [1.165, 1.54) is 6.07 Å². The highest BCUT2D eigenvalue weighted by Crippen LogP contribution is 2.16. The second kappa shape index (κ2) is 6.16. The van der Waals surface area contributed by atoms with Crippen molar-refractivity contribution < 1.29 is 8.81 Å². The molecule has 1 atom stereocenters. The SMILES string of the molecule is CC(Cc1ccco1)NCc1ccc(Br)c(F)c1. The van der Waals surface area contributed by atoms with Crippen LogP contribution in [0.15, 0.2) is 45.5 Å². The second-order valence-corrected chi connectivity index (χ2v) is 5.17. The lowest BCUT2D eigenvalue weighted by Crippen LogP contribution is -2.27. The molecule has 0 saturated heterocycles. The fourth-order valence-corrected chi connectivity index (χ4v) is 1.99. The maximum Gasteiger partial charge on any atom is 0.137 e. The number of benzene rings is 1. The lowest BCUT2D eigenvalue weighted by Gasteiger charge is -2.12. The third kappa shape index (κ3) is 3.68. The highest BCUT2D eigenvalue weighted by molar-refractivity contribution is 9.10. The van der Waals surface area contributed by atoms with Crippen molar-refractivity contribution in [1.82, 2.24) is 5.32 Å². The standard InChI is InChI=1S/C14H15BrFNO/c1-10(7-12-3-2-6-18-12)17-9-11-4-5-13(15)14(16)8-11/h2-6,8,10,17H,7,9H2,1H3. The Bertz CT molecular complexity index is 499. The van der Waals surface area contributed by atoms with E-state index in [4.69, 9.17) is 4.42 Å². The Hall–Kier alpha value is -1.13. The van der Waals surface area contributed by atoms with Crippen molar-refractivity contribution in [2.24, 2.45) is 0 Å². The molecule has 1 unspecified atom stereocenters. The minimum absolute atomic E-state index is 0.229. The van der Waals surface area contributed by atoms with Gasteiger partial charge in [-0.25, -0.2) is 4.39 Å². The van der Waals surface area contributed by atoms with Crippen molar-refractivity contribution in [2.45, 2.75) is 25.9 Å². The highest BCUT2D eigenvalue weighted by atomic mass is 79.9. The molecule has 0 radical (unpaired) electrons. The molecular weight excluding hydrogens is 297 g/mol. The Morgan fingerprint density at radius 3 is 2.89 bits per heavy atom. The van der Waals surface area contributed by atoms with Crippen LogP contribution in [0.2, 0.25) is 0 Å². The molecule has 2 rings (SSSR count). The molecule has 18 heavy (non-hydrogen) atoms. The predicted octanol–water partition coefficient (Wildman–Crippen LogP) is 3.90. The normalized spacial score (nSPS) is 12.6. The van der Waals surface area contributed by atoms with E-state index in [2.05, 4.69) is 28.2 Å². The van der Waals surface area contributed by atoms with E-state index in [1.54, 1.807) is 12.3 Å². The number of hydrogen-bond donors (Lipinski definition) is 1. The number of hydrogen-bond acceptors (Lipinski definition) is 2. The molecule has 0 amide bonds. The van der Waals surface area contributed by atoms with E-state index in [-0.39, 0.29) is 11.9 Å². The number of halogens is 2. The van der Waals surface area contributed by atoms with Crippen LogP contribution in [-0.4, -0.2) is 6.04 Å². The molecule has 0 saturated carbocycles. The molecule has 0 fully saturated rings. The van der Waals surface area contributed by atoms with Gasteiger partial charge in [-0.05, 0) is 52.7 Å². The van der Waals surface area contributed by atoms with Crippen molar-refractivity contribution in [3.63, 3.8) is 0 Å². The van der Waals surface area contributed by atoms with Gasteiger partial charge in [0.25, 0.3) is 0 Å². The molecule has 0 spiro atoms. The van der Waals surface area contributed by atoms with Gasteiger partial charge in [-0.15, -0.1) is 0 Å². The molecule has 0 aliphatic rings. The molecule has 1 aromatic heterocycles. The van der Waals surface area contributed by atoms with Crippen molar-refractivity contribution in [3.05, 3.63) is 58.2 Å². The van der Waals surface area contributed by atoms with Crippen LogP contribution >= 0.6 is 15.9 Å². The van der Waals surface area contributed by atoms with Crippen LogP contribution in [0, 0.1) is 5.82 Å². The van der Waals surface area contributed by atoms with Gasteiger partial charge >= 0.3 is 0 Å². The van der Waals surface area contributed by atoms with Gasteiger partial charge in [0, 0.05) is 19.0 Å². The first kappa shape index (κ1) is 13.3. The van der Waals surface area contributed by atoms with Crippen LogP contribution in [0.3, 0.4) is 0 Å². The predicted molar refractivity (Wildman–Crippen MR) is 72.8 cm³/mol. The number of rotatable bonds is 5. The number of nitrogens with one attached hydrogen (secondary N) is 1. The Morgan fingerprint density at radius 2 is 2.22 bits per heavy atom. The van der Waals surface area contributed by atoms with Crippen LogP contribution in [0.25, 0.3) is 0 Å². The van der Waals surface area contributed by atoms with Gasteiger partial charge in [-0.3, -0.25) is 0 Å². The van der Waals surface area contributed by atoms with Gasteiger partial charge in [-0.1, -0.05) is 6.07 Å². The van der Waals surface area contributed by atoms with E-state index < -0.39 is 0 Å². The molecule has 1 N–H and O–H groups in total. The molecule has 96 valence electrons. The summed E-state index contributed by atoms with van der Waals surface area (Å²) in [6.45, 7) is 2.73. The molecular formula is C14H15BrFNO. The largest absolute Gasteiger partial charge is 0.469 e. The first-order valence-electron chi connectivity index (χ1n) is 5.85. The third-order valence-electron chi connectivity index (χ3n) is 2.73. The van der Waals surface area contributed by atoms with Crippen molar-refractivity contribution in [3.8, 4) is 0 Å². The van der Waals surface area contributed by atoms with E-state index in [1.807, 2.05) is 18.2 Å². The second-order valence-electron chi connectivity index (χ2n) is 4.31. The molecule has 2 nitrogen and oxygen atoms in total. The maximum absolute atomic E-state index is 13.3. The fraction of sp³-hybridized carbons (Fsp3) is 0.286. The Labute approximate surface area is 114 Å². The summed E-state index contributed by atoms with van der Waals surface area (Å²) in [7, 11) is 0. The van der Waals surface area contributed by atoms with E-state index >= 15 is 0 Å². The minimum atomic E-state index is -0.229. The van der Waals surface area contributed by atoms with Crippen LogP contribution in [-0.2, 0) is 13.0 Å². The summed E-state index contributed by atoms with van der Waals surface area (Å²) >= 11 is 3.14. The third-order valence-corrected chi connectivity index (χ3v) is 3.37.